The number of aromatic amines is 1. The first kappa shape index (κ1) is 23.0. The van der Waals surface area contributed by atoms with E-state index in [2.05, 4.69) is 22.4 Å². The van der Waals surface area contributed by atoms with Gasteiger partial charge in [-0.3, -0.25) is 14.2 Å². The van der Waals surface area contributed by atoms with Gasteiger partial charge in [-0.2, -0.15) is 0 Å². The summed E-state index contributed by atoms with van der Waals surface area (Å²) in [5, 5.41) is 3.60. The molecule has 33 heavy (non-hydrogen) atoms. The predicted molar refractivity (Wildman–Crippen MR) is 130 cm³/mol. The molecule has 0 fully saturated rings. The van der Waals surface area contributed by atoms with Gasteiger partial charge in [0.15, 0.2) is 16.3 Å². The Morgan fingerprint density at radius 3 is 2.70 bits per heavy atom. The van der Waals surface area contributed by atoms with Crippen LogP contribution in [0.2, 0.25) is 0 Å². The summed E-state index contributed by atoms with van der Waals surface area (Å²) < 4.78 is 12.7. The standard InChI is InChI=1S/C25H29N3O4S/c1-17(11-12-18-8-4-2-5-9-18)26-23(29)10-6-3-7-13-28-24(30)19-14-21-22(32-16-31-21)15-20(19)27-25(28)33/h2,4-5,8-9,14-15,17H,3,6-7,10-13,16H2,1H3,(H,26,29)(H,27,33). The lowest BCUT2D eigenvalue weighted by Gasteiger charge is -2.14. The summed E-state index contributed by atoms with van der Waals surface area (Å²) in [6.45, 7) is 2.70. The van der Waals surface area contributed by atoms with E-state index in [9.17, 15) is 9.59 Å². The smallest absolute Gasteiger partial charge is 0.262 e. The lowest BCUT2D eigenvalue weighted by Crippen LogP contribution is -2.32. The molecule has 1 aliphatic rings. The Morgan fingerprint density at radius 2 is 1.91 bits per heavy atom. The van der Waals surface area contributed by atoms with Crippen molar-refractivity contribution in [2.75, 3.05) is 6.79 Å². The summed E-state index contributed by atoms with van der Waals surface area (Å²) in [7, 11) is 0. The number of hydrogen-bond acceptors (Lipinski definition) is 5. The lowest BCUT2D eigenvalue weighted by atomic mass is 10.1. The van der Waals surface area contributed by atoms with E-state index < -0.39 is 0 Å². The Morgan fingerprint density at radius 1 is 1.15 bits per heavy atom. The van der Waals surface area contributed by atoms with Crippen LogP contribution in [-0.2, 0) is 17.8 Å². The number of aryl methyl sites for hydroxylation is 1. The van der Waals surface area contributed by atoms with Gasteiger partial charge in [0.1, 0.15) is 0 Å². The third-order valence-corrected chi connectivity index (χ3v) is 6.20. The molecule has 1 unspecified atom stereocenters. The minimum atomic E-state index is -0.142. The summed E-state index contributed by atoms with van der Waals surface area (Å²) in [6.07, 6.45) is 4.73. The van der Waals surface area contributed by atoms with Gasteiger partial charge in [0.25, 0.3) is 5.56 Å². The van der Waals surface area contributed by atoms with E-state index in [1.807, 2.05) is 25.1 Å². The van der Waals surface area contributed by atoms with Crippen molar-refractivity contribution >= 4 is 29.0 Å². The maximum atomic E-state index is 12.9. The quantitative estimate of drug-likeness (QED) is 0.339. The average molecular weight is 468 g/mol. The summed E-state index contributed by atoms with van der Waals surface area (Å²) >= 11 is 5.39. The van der Waals surface area contributed by atoms with Crippen molar-refractivity contribution in [1.82, 2.24) is 14.9 Å². The molecule has 7 nitrogen and oxygen atoms in total. The Balaban J connectivity index is 1.22. The Labute approximate surface area is 197 Å². The van der Waals surface area contributed by atoms with Gasteiger partial charge in [-0.1, -0.05) is 36.8 Å². The molecule has 0 aliphatic carbocycles. The molecule has 0 radical (unpaired) electrons. The molecular weight excluding hydrogens is 438 g/mol. The van der Waals surface area contributed by atoms with Crippen molar-refractivity contribution in [1.29, 1.82) is 0 Å². The van der Waals surface area contributed by atoms with E-state index in [1.54, 1.807) is 16.7 Å². The number of amides is 1. The van der Waals surface area contributed by atoms with Crippen LogP contribution < -0.4 is 20.3 Å². The Kier molecular flexibility index (Phi) is 7.44. The van der Waals surface area contributed by atoms with E-state index in [0.29, 0.717) is 40.1 Å². The summed E-state index contributed by atoms with van der Waals surface area (Å²) in [4.78, 5) is 28.3. The molecular formula is C25H29N3O4S. The van der Waals surface area contributed by atoms with Gasteiger partial charge in [0.05, 0.1) is 10.9 Å². The third kappa shape index (κ3) is 5.82. The number of nitrogens with zero attached hydrogens (tertiary/aromatic N) is 1. The Bertz CT molecular complexity index is 1240. The topological polar surface area (TPSA) is 85.4 Å². The van der Waals surface area contributed by atoms with Crippen LogP contribution in [0.1, 0.15) is 44.6 Å². The highest BCUT2D eigenvalue weighted by molar-refractivity contribution is 7.71. The van der Waals surface area contributed by atoms with Crippen LogP contribution in [0.4, 0.5) is 0 Å². The first-order chi connectivity index (χ1) is 16.0. The second-order valence-electron chi connectivity index (χ2n) is 8.44. The number of hydrogen-bond donors (Lipinski definition) is 2. The second kappa shape index (κ2) is 10.7. The normalized spacial score (nSPS) is 13.2. The zero-order valence-corrected chi connectivity index (χ0v) is 19.6. The van der Waals surface area contributed by atoms with Crippen LogP contribution in [0.5, 0.6) is 11.5 Å². The first-order valence-electron chi connectivity index (χ1n) is 11.4. The second-order valence-corrected chi connectivity index (χ2v) is 8.83. The summed E-state index contributed by atoms with van der Waals surface area (Å²) in [5.41, 5.74) is 1.78. The lowest BCUT2D eigenvalue weighted by molar-refractivity contribution is -0.121. The number of benzene rings is 2. The van der Waals surface area contributed by atoms with Crippen molar-refractivity contribution in [3.8, 4) is 11.5 Å². The number of rotatable bonds is 10. The fraction of sp³-hybridized carbons (Fsp3) is 0.400. The van der Waals surface area contributed by atoms with Crippen LogP contribution >= 0.6 is 12.2 Å². The molecule has 4 rings (SSSR count). The van der Waals surface area contributed by atoms with Gasteiger partial charge in [0.2, 0.25) is 12.7 Å². The minimum Gasteiger partial charge on any atom is -0.454 e. The molecule has 1 amide bonds. The van der Waals surface area contributed by atoms with Crippen LogP contribution in [-0.4, -0.2) is 28.3 Å². The number of ether oxygens (including phenoxy) is 2. The zero-order valence-electron chi connectivity index (χ0n) is 18.8. The molecule has 1 aromatic heterocycles. The highest BCUT2D eigenvalue weighted by atomic mass is 32.1. The molecule has 0 bridgehead atoms. The molecule has 3 aromatic rings. The number of aromatic nitrogens is 2. The van der Waals surface area contributed by atoms with Crippen molar-refractivity contribution in [2.45, 2.75) is 58.0 Å². The molecule has 0 saturated heterocycles. The number of unbranched alkanes of at least 4 members (excludes halogenated alkanes) is 2. The monoisotopic (exact) mass is 467 g/mol. The van der Waals surface area contributed by atoms with Crippen LogP contribution in [0.25, 0.3) is 10.9 Å². The number of carbonyl (C=O) groups excluding carboxylic acids is 1. The average Bonchev–Trinajstić information content (AvgIpc) is 3.26. The molecule has 0 saturated carbocycles. The summed E-state index contributed by atoms with van der Waals surface area (Å²) in [6, 6.07) is 13.9. The van der Waals surface area contributed by atoms with E-state index >= 15 is 0 Å². The van der Waals surface area contributed by atoms with Gasteiger partial charge in [-0.15, -0.1) is 0 Å². The Hall–Kier alpha value is -3.13. The molecule has 2 heterocycles. The zero-order chi connectivity index (χ0) is 23.2. The van der Waals surface area contributed by atoms with Crippen LogP contribution in [0, 0.1) is 4.77 Å². The third-order valence-electron chi connectivity index (χ3n) is 5.88. The summed E-state index contributed by atoms with van der Waals surface area (Å²) in [5.74, 6) is 1.26. The van der Waals surface area contributed by atoms with Gasteiger partial charge >= 0.3 is 0 Å². The van der Waals surface area contributed by atoms with E-state index in [1.165, 1.54) is 5.56 Å². The minimum absolute atomic E-state index is 0.0757. The number of carbonyl (C=O) groups is 1. The number of H-pyrrole nitrogens is 1. The van der Waals surface area contributed by atoms with Crippen molar-refractivity contribution < 1.29 is 14.3 Å². The number of nitrogens with one attached hydrogen (secondary N) is 2. The molecule has 8 heteroatoms. The first-order valence-corrected chi connectivity index (χ1v) is 11.8. The molecule has 0 spiro atoms. The fourth-order valence-corrected chi connectivity index (χ4v) is 4.31. The van der Waals surface area contributed by atoms with Crippen LogP contribution in [0.15, 0.2) is 47.3 Å². The van der Waals surface area contributed by atoms with Gasteiger partial charge in [-0.25, -0.2) is 0 Å². The predicted octanol–water partition coefficient (Wildman–Crippen LogP) is 4.49. The van der Waals surface area contributed by atoms with Gasteiger partial charge in [-0.05, 0) is 56.5 Å². The highest BCUT2D eigenvalue weighted by Crippen LogP contribution is 2.34. The maximum Gasteiger partial charge on any atom is 0.262 e. The van der Waals surface area contributed by atoms with E-state index in [-0.39, 0.29) is 24.3 Å². The molecule has 1 aliphatic heterocycles. The molecule has 1 atom stereocenters. The van der Waals surface area contributed by atoms with Gasteiger partial charge < -0.3 is 19.8 Å². The van der Waals surface area contributed by atoms with Crippen molar-refractivity contribution in [2.24, 2.45) is 0 Å². The highest BCUT2D eigenvalue weighted by Gasteiger charge is 2.17. The number of fused-ring (bicyclic) bond motifs is 2. The SMILES string of the molecule is CC(CCc1ccccc1)NC(=O)CCCCCn1c(=S)[nH]c2cc3c(cc2c1=O)OCO3. The van der Waals surface area contributed by atoms with E-state index in [4.69, 9.17) is 21.7 Å². The largest absolute Gasteiger partial charge is 0.454 e. The van der Waals surface area contributed by atoms with Crippen molar-refractivity contribution in [3.63, 3.8) is 0 Å². The fourth-order valence-electron chi connectivity index (χ4n) is 4.02. The molecule has 2 aromatic carbocycles. The van der Waals surface area contributed by atoms with Gasteiger partial charge in [0, 0.05) is 25.1 Å². The maximum absolute atomic E-state index is 12.9. The van der Waals surface area contributed by atoms with Crippen LogP contribution in [0.3, 0.4) is 0 Å². The van der Waals surface area contributed by atoms with E-state index in [0.717, 1.165) is 32.1 Å². The molecule has 174 valence electrons. The van der Waals surface area contributed by atoms with Crippen molar-refractivity contribution in [3.05, 3.63) is 63.2 Å². The molecule has 2 N–H and O–H groups in total.